The molecule has 70 valence electrons. The van der Waals surface area contributed by atoms with Crippen molar-refractivity contribution in [2.45, 2.75) is 25.5 Å². The Morgan fingerprint density at radius 2 is 2.46 bits per heavy atom. The molecule has 0 radical (unpaired) electrons. The topological polar surface area (TPSA) is 75.3 Å². The number of aliphatic hydroxyl groups excluding tert-OH is 1. The highest BCUT2D eigenvalue weighted by Crippen LogP contribution is 2.21. The number of nitrogens with zero attached hydrogens (tertiary/aromatic N) is 2. The van der Waals surface area contributed by atoms with Crippen molar-refractivity contribution >= 4 is 5.97 Å². The van der Waals surface area contributed by atoms with E-state index >= 15 is 0 Å². The molecule has 0 spiro atoms. The monoisotopic (exact) mass is 182 g/mol. The van der Waals surface area contributed by atoms with Crippen LogP contribution >= 0.6 is 0 Å². The summed E-state index contributed by atoms with van der Waals surface area (Å²) in [5, 5.41) is 17.9. The number of carboxylic acids is 1. The second kappa shape index (κ2) is 2.85. The van der Waals surface area contributed by atoms with Crippen LogP contribution in [0.4, 0.5) is 0 Å². The predicted molar refractivity (Wildman–Crippen MR) is 43.1 cm³/mol. The summed E-state index contributed by atoms with van der Waals surface area (Å²) in [5.41, 5.74) is 0.389. The smallest absolute Gasteiger partial charge is 0.338 e. The van der Waals surface area contributed by atoms with Gasteiger partial charge in [0.25, 0.3) is 0 Å². The van der Waals surface area contributed by atoms with Crippen LogP contribution in [-0.2, 0) is 17.8 Å². The normalized spacial score (nSPS) is 17.0. The van der Waals surface area contributed by atoms with Gasteiger partial charge in [0, 0.05) is 13.0 Å². The number of imidazole rings is 1. The van der Waals surface area contributed by atoms with Crippen LogP contribution in [-0.4, -0.2) is 25.7 Å². The molecule has 1 aliphatic heterocycles. The molecule has 0 aliphatic carbocycles. The summed E-state index contributed by atoms with van der Waals surface area (Å²) in [6.07, 6.45) is 1.83. The van der Waals surface area contributed by atoms with Crippen molar-refractivity contribution in [3.05, 3.63) is 17.7 Å². The average Bonchev–Trinajstić information content (AvgIpc) is 2.61. The fourth-order valence-electron chi connectivity index (χ4n) is 1.63. The van der Waals surface area contributed by atoms with E-state index in [1.165, 1.54) is 6.20 Å². The number of aryl methyl sites for hydroxylation is 1. The molecule has 1 unspecified atom stereocenters. The minimum absolute atomic E-state index is 0.389. The van der Waals surface area contributed by atoms with E-state index in [1.54, 1.807) is 4.57 Å². The number of carbonyl (C=O) groups is 1. The molecule has 1 atom stereocenters. The van der Waals surface area contributed by atoms with Crippen LogP contribution in [0.5, 0.6) is 0 Å². The summed E-state index contributed by atoms with van der Waals surface area (Å²) < 4.78 is 1.78. The van der Waals surface area contributed by atoms with Gasteiger partial charge in [-0.25, -0.2) is 9.78 Å². The van der Waals surface area contributed by atoms with E-state index in [1.807, 2.05) is 0 Å². The van der Waals surface area contributed by atoms with Crippen LogP contribution in [0.3, 0.4) is 0 Å². The molecule has 0 aromatic carbocycles. The van der Waals surface area contributed by atoms with Crippen LogP contribution in [0.2, 0.25) is 0 Å². The molecule has 1 aliphatic rings. The minimum atomic E-state index is -1.45. The van der Waals surface area contributed by atoms with Crippen molar-refractivity contribution < 1.29 is 15.0 Å². The molecule has 1 aromatic heterocycles. The van der Waals surface area contributed by atoms with Crippen LogP contribution in [0.25, 0.3) is 0 Å². The van der Waals surface area contributed by atoms with Crippen molar-refractivity contribution in [3.8, 4) is 0 Å². The number of fused-ring (bicyclic) bond motifs is 1. The van der Waals surface area contributed by atoms with Crippen LogP contribution in [0.1, 0.15) is 24.0 Å². The van der Waals surface area contributed by atoms with Gasteiger partial charge in [0.2, 0.25) is 0 Å². The maximum atomic E-state index is 10.5. The summed E-state index contributed by atoms with van der Waals surface area (Å²) in [6.45, 7) is 0.759. The lowest BCUT2D eigenvalue weighted by Gasteiger charge is -2.07. The molecule has 5 nitrogen and oxygen atoms in total. The first kappa shape index (κ1) is 8.25. The van der Waals surface area contributed by atoms with E-state index in [2.05, 4.69) is 4.98 Å². The van der Waals surface area contributed by atoms with E-state index in [4.69, 9.17) is 5.11 Å². The van der Waals surface area contributed by atoms with Crippen LogP contribution < -0.4 is 0 Å². The standard InChI is InChI=1S/C8H10N2O3/c11-7(8(12)13)5-4-9-6-2-1-3-10(5)6/h4,7,11H,1-3H2,(H,12,13). The summed E-state index contributed by atoms with van der Waals surface area (Å²) >= 11 is 0. The van der Waals surface area contributed by atoms with E-state index in [9.17, 15) is 9.90 Å². The quantitative estimate of drug-likeness (QED) is 0.672. The molecule has 0 bridgehead atoms. The number of hydrogen-bond donors (Lipinski definition) is 2. The zero-order chi connectivity index (χ0) is 9.42. The summed E-state index contributed by atoms with van der Waals surface area (Å²) in [7, 11) is 0. The van der Waals surface area contributed by atoms with E-state index in [0.717, 1.165) is 25.2 Å². The number of hydrogen-bond acceptors (Lipinski definition) is 3. The first-order valence-electron chi connectivity index (χ1n) is 4.15. The van der Waals surface area contributed by atoms with Gasteiger partial charge in [-0.2, -0.15) is 0 Å². The van der Waals surface area contributed by atoms with Crippen molar-refractivity contribution in [1.82, 2.24) is 9.55 Å². The predicted octanol–water partition coefficient (Wildman–Crippen LogP) is -0.0527. The molecule has 0 saturated carbocycles. The zero-order valence-electron chi connectivity index (χ0n) is 6.97. The van der Waals surface area contributed by atoms with Crippen molar-refractivity contribution in [1.29, 1.82) is 0 Å². The third-order valence-corrected chi connectivity index (χ3v) is 2.27. The maximum absolute atomic E-state index is 10.5. The maximum Gasteiger partial charge on any atom is 0.338 e. The Balaban J connectivity index is 2.36. The van der Waals surface area contributed by atoms with Gasteiger partial charge in [-0.15, -0.1) is 0 Å². The molecular formula is C8H10N2O3. The second-order valence-electron chi connectivity index (χ2n) is 3.10. The molecular weight excluding hydrogens is 172 g/mol. The van der Waals surface area contributed by atoms with Crippen molar-refractivity contribution in [2.24, 2.45) is 0 Å². The van der Waals surface area contributed by atoms with Gasteiger partial charge in [0.1, 0.15) is 5.82 Å². The lowest BCUT2D eigenvalue weighted by Crippen LogP contribution is -2.14. The van der Waals surface area contributed by atoms with E-state index in [-0.39, 0.29) is 0 Å². The third kappa shape index (κ3) is 1.21. The van der Waals surface area contributed by atoms with E-state index < -0.39 is 12.1 Å². The highest BCUT2D eigenvalue weighted by atomic mass is 16.4. The first-order chi connectivity index (χ1) is 6.20. The number of rotatable bonds is 2. The van der Waals surface area contributed by atoms with Gasteiger partial charge in [-0.05, 0) is 6.42 Å². The van der Waals surface area contributed by atoms with Gasteiger partial charge in [0.15, 0.2) is 6.10 Å². The molecule has 0 amide bonds. The molecule has 2 heterocycles. The van der Waals surface area contributed by atoms with Crippen LogP contribution in [0.15, 0.2) is 6.20 Å². The lowest BCUT2D eigenvalue weighted by atomic mass is 10.3. The average molecular weight is 182 g/mol. The van der Waals surface area contributed by atoms with Gasteiger partial charge >= 0.3 is 5.97 Å². The van der Waals surface area contributed by atoms with Crippen molar-refractivity contribution in [2.75, 3.05) is 0 Å². The molecule has 13 heavy (non-hydrogen) atoms. The van der Waals surface area contributed by atoms with Crippen LogP contribution in [0, 0.1) is 0 Å². The molecule has 2 rings (SSSR count). The SMILES string of the molecule is O=C(O)C(O)c1cnc2n1CCC2. The summed E-state index contributed by atoms with van der Waals surface area (Å²) in [5.74, 6) is -0.357. The lowest BCUT2D eigenvalue weighted by molar-refractivity contribution is -0.147. The van der Waals surface area contributed by atoms with Crippen molar-refractivity contribution in [3.63, 3.8) is 0 Å². The first-order valence-corrected chi connectivity index (χ1v) is 4.15. The summed E-state index contributed by atoms with van der Waals surface area (Å²) in [6, 6.07) is 0. The Kier molecular flexibility index (Phi) is 1.81. The van der Waals surface area contributed by atoms with Gasteiger partial charge in [-0.3, -0.25) is 0 Å². The molecule has 1 aromatic rings. The highest BCUT2D eigenvalue weighted by molar-refractivity contribution is 5.73. The second-order valence-corrected chi connectivity index (χ2v) is 3.10. The zero-order valence-corrected chi connectivity index (χ0v) is 6.97. The molecule has 5 heteroatoms. The number of aliphatic hydroxyl groups is 1. The number of carboxylic acid groups (broad SMARTS) is 1. The third-order valence-electron chi connectivity index (χ3n) is 2.27. The fourth-order valence-corrected chi connectivity index (χ4v) is 1.63. The number of aliphatic carboxylic acids is 1. The van der Waals surface area contributed by atoms with Gasteiger partial charge in [0.05, 0.1) is 11.9 Å². The molecule has 0 saturated heterocycles. The molecule has 0 fully saturated rings. The minimum Gasteiger partial charge on any atom is -0.479 e. The number of aromatic nitrogens is 2. The Morgan fingerprint density at radius 1 is 1.69 bits per heavy atom. The highest BCUT2D eigenvalue weighted by Gasteiger charge is 2.24. The van der Waals surface area contributed by atoms with E-state index in [0.29, 0.717) is 5.69 Å². The summed E-state index contributed by atoms with van der Waals surface area (Å²) in [4.78, 5) is 14.5. The van der Waals surface area contributed by atoms with Gasteiger partial charge < -0.3 is 14.8 Å². The largest absolute Gasteiger partial charge is 0.479 e. The van der Waals surface area contributed by atoms with Gasteiger partial charge in [-0.1, -0.05) is 0 Å². The Hall–Kier alpha value is -1.36. The Labute approximate surface area is 74.6 Å². The fraction of sp³-hybridized carbons (Fsp3) is 0.500. The Bertz CT molecular complexity index is 345. The molecule has 2 N–H and O–H groups in total. The Morgan fingerprint density at radius 3 is 3.15 bits per heavy atom.